The number of hydrogen-bond acceptors (Lipinski definition) is 3. The quantitative estimate of drug-likeness (QED) is 0.821. The summed E-state index contributed by atoms with van der Waals surface area (Å²) in [5.41, 5.74) is 0.469. The van der Waals surface area contributed by atoms with Gasteiger partial charge in [0.05, 0.1) is 11.5 Å². The lowest BCUT2D eigenvalue weighted by molar-refractivity contribution is -0.170. The van der Waals surface area contributed by atoms with Crippen LogP contribution in [0.25, 0.3) is 0 Å². The number of hydrogen-bond donors (Lipinski definition) is 1. The molecule has 1 saturated carbocycles. The molecule has 0 radical (unpaired) electrons. The Kier molecular flexibility index (Phi) is 4.97. The standard InChI is InChI=1S/C20H28O4/c1-19(2,18(21)22)12-8-11-16-17(15-9-4-3-5-10-15)24-20(23-16)13-6-7-14-20/h3-5,9-10,16-17H,6-8,11-14H2,1-2H3,(H,21,22)/t16-,17-/m1/s1. The van der Waals surface area contributed by atoms with Crippen LogP contribution in [0, 0.1) is 5.41 Å². The molecule has 1 aliphatic carbocycles. The first kappa shape index (κ1) is 17.4. The van der Waals surface area contributed by atoms with Crippen molar-refractivity contribution in [3.05, 3.63) is 35.9 Å². The van der Waals surface area contributed by atoms with Gasteiger partial charge in [0.2, 0.25) is 0 Å². The van der Waals surface area contributed by atoms with Crippen molar-refractivity contribution >= 4 is 5.97 Å². The van der Waals surface area contributed by atoms with E-state index in [9.17, 15) is 9.90 Å². The van der Waals surface area contributed by atoms with Gasteiger partial charge >= 0.3 is 5.97 Å². The Balaban J connectivity index is 1.68. The number of carbonyl (C=O) groups is 1. The second-order valence-corrected chi connectivity index (χ2v) is 7.80. The number of carboxylic acid groups (broad SMARTS) is 1. The van der Waals surface area contributed by atoms with Crippen LogP contribution in [0.2, 0.25) is 0 Å². The van der Waals surface area contributed by atoms with Crippen molar-refractivity contribution in [1.82, 2.24) is 0 Å². The maximum absolute atomic E-state index is 11.3. The van der Waals surface area contributed by atoms with Crippen LogP contribution in [-0.2, 0) is 14.3 Å². The smallest absolute Gasteiger partial charge is 0.309 e. The zero-order valence-electron chi connectivity index (χ0n) is 14.7. The zero-order valence-corrected chi connectivity index (χ0v) is 14.7. The molecule has 3 rings (SSSR count). The van der Waals surface area contributed by atoms with Gasteiger partial charge in [0.1, 0.15) is 6.10 Å². The van der Waals surface area contributed by atoms with Crippen LogP contribution in [0.5, 0.6) is 0 Å². The first-order valence-electron chi connectivity index (χ1n) is 9.06. The molecule has 2 aliphatic rings. The molecule has 1 spiro atoms. The van der Waals surface area contributed by atoms with E-state index in [4.69, 9.17) is 9.47 Å². The third-order valence-electron chi connectivity index (χ3n) is 5.41. The normalized spacial score (nSPS) is 26.1. The van der Waals surface area contributed by atoms with Gasteiger partial charge in [-0.1, -0.05) is 30.3 Å². The van der Waals surface area contributed by atoms with Crippen LogP contribution in [0.1, 0.15) is 70.5 Å². The minimum Gasteiger partial charge on any atom is -0.481 e. The van der Waals surface area contributed by atoms with Crippen LogP contribution in [0.3, 0.4) is 0 Å². The van der Waals surface area contributed by atoms with Gasteiger partial charge in [0, 0.05) is 12.8 Å². The van der Waals surface area contributed by atoms with Gasteiger partial charge in [0.15, 0.2) is 5.79 Å². The van der Waals surface area contributed by atoms with Gasteiger partial charge in [-0.05, 0) is 51.5 Å². The van der Waals surface area contributed by atoms with E-state index in [1.807, 2.05) is 18.2 Å². The lowest BCUT2D eigenvalue weighted by Crippen LogP contribution is -2.27. The highest BCUT2D eigenvalue weighted by Crippen LogP contribution is 2.48. The molecule has 1 heterocycles. The average Bonchev–Trinajstić information content (AvgIpc) is 3.15. The van der Waals surface area contributed by atoms with Gasteiger partial charge < -0.3 is 14.6 Å². The topological polar surface area (TPSA) is 55.8 Å². The Morgan fingerprint density at radius 3 is 2.50 bits per heavy atom. The summed E-state index contributed by atoms with van der Waals surface area (Å²) >= 11 is 0. The molecule has 0 amide bonds. The number of carboxylic acids is 1. The summed E-state index contributed by atoms with van der Waals surface area (Å²) in [7, 11) is 0. The number of aliphatic carboxylic acids is 1. The van der Waals surface area contributed by atoms with E-state index in [1.54, 1.807) is 13.8 Å². The summed E-state index contributed by atoms with van der Waals surface area (Å²) in [6, 6.07) is 10.3. The highest BCUT2D eigenvalue weighted by atomic mass is 16.8. The lowest BCUT2D eigenvalue weighted by atomic mass is 9.86. The van der Waals surface area contributed by atoms with E-state index in [2.05, 4.69) is 12.1 Å². The molecule has 1 aromatic carbocycles. The third-order valence-corrected chi connectivity index (χ3v) is 5.41. The second-order valence-electron chi connectivity index (χ2n) is 7.80. The van der Waals surface area contributed by atoms with E-state index in [0.717, 1.165) is 44.1 Å². The molecule has 1 saturated heterocycles. The van der Waals surface area contributed by atoms with Crippen LogP contribution >= 0.6 is 0 Å². The van der Waals surface area contributed by atoms with Crippen LogP contribution < -0.4 is 0 Å². The highest BCUT2D eigenvalue weighted by molar-refractivity contribution is 5.73. The Labute approximate surface area is 144 Å². The third kappa shape index (κ3) is 3.65. The largest absolute Gasteiger partial charge is 0.481 e. The van der Waals surface area contributed by atoms with Crippen LogP contribution in [0.4, 0.5) is 0 Å². The minimum absolute atomic E-state index is 0.00935. The van der Waals surface area contributed by atoms with Crippen molar-refractivity contribution in [3.63, 3.8) is 0 Å². The van der Waals surface area contributed by atoms with Crippen LogP contribution in [0.15, 0.2) is 30.3 Å². The second kappa shape index (κ2) is 6.85. The van der Waals surface area contributed by atoms with Gasteiger partial charge in [0.25, 0.3) is 0 Å². The Morgan fingerprint density at radius 2 is 1.88 bits per heavy atom. The van der Waals surface area contributed by atoms with Gasteiger partial charge in [-0.3, -0.25) is 4.79 Å². The fraction of sp³-hybridized carbons (Fsp3) is 0.650. The molecule has 132 valence electrons. The van der Waals surface area contributed by atoms with Crippen molar-refractivity contribution in [3.8, 4) is 0 Å². The molecule has 4 nitrogen and oxygen atoms in total. The Bertz CT molecular complexity index is 560. The number of benzene rings is 1. The summed E-state index contributed by atoms with van der Waals surface area (Å²) in [5.74, 6) is -1.15. The van der Waals surface area contributed by atoms with Crippen molar-refractivity contribution < 1.29 is 19.4 Å². The maximum Gasteiger partial charge on any atom is 0.309 e. The van der Waals surface area contributed by atoms with Gasteiger partial charge in [-0.15, -0.1) is 0 Å². The molecule has 1 N–H and O–H groups in total. The Morgan fingerprint density at radius 1 is 1.21 bits per heavy atom. The lowest BCUT2D eigenvalue weighted by Gasteiger charge is -2.22. The molecular weight excluding hydrogens is 304 g/mol. The number of rotatable bonds is 6. The van der Waals surface area contributed by atoms with Crippen molar-refractivity contribution in [2.24, 2.45) is 5.41 Å². The average molecular weight is 332 g/mol. The first-order valence-corrected chi connectivity index (χ1v) is 9.06. The Hall–Kier alpha value is -1.39. The summed E-state index contributed by atoms with van der Waals surface area (Å²) in [5, 5.41) is 9.27. The first-order chi connectivity index (χ1) is 11.4. The number of ether oxygens (including phenoxy) is 2. The van der Waals surface area contributed by atoms with Crippen LogP contribution in [-0.4, -0.2) is 23.0 Å². The molecule has 1 aliphatic heterocycles. The van der Waals surface area contributed by atoms with E-state index in [1.165, 1.54) is 0 Å². The molecule has 0 aromatic heterocycles. The molecule has 0 unspecified atom stereocenters. The summed E-state index contributed by atoms with van der Waals surface area (Å²) < 4.78 is 12.8. The highest BCUT2D eigenvalue weighted by Gasteiger charge is 2.49. The molecule has 1 aromatic rings. The molecule has 2 fully saturated rings. The molecule has 24 heavy (non-hydrogen) atoms. The molecule has 0 bridgehead atoms. The van der Waals surface area contributed by atoms with Gasteiger partial charge in [-0.25, -0.2) is 0 Å². The van der Waals surface area contributed by atoms with Crippen molar-refractivity contribution in [2.45, 2.75) is 76.8 Å². The summed E-state index contributed by atoms with van der Waals surface area (Å²) in [6.45, 7) is 3.57. The van der Waals surface area contributed by atoms with Gasteiger partial charge in [-0.2, -0.15) is 0 Å². The van der Waals surface area contributed by atoms with E-state index < -0.39 is 17.2 Å². The van der Waals surface area contributed by atoms with Crippen molar-refractivity contribution in [2.75, 3.05) is 0 Å². The minimum atomic E-state index is -0.738. The monoisotopic (exact) mass is 332 g/mol. The van der Waals surface area contributed by atoms with E-state index >= 15 is 0 Å². The zero-order chi connectivity index (χ0) is 17.2. The predicted molar refractivity (Wildman–Crippen MR) is 91.6 cm³/mol. The fourth-order valence-electron chi connectivity index (χ4n) is 3.81. The fourth-order valence-corrected chi connectivity index (χ4v) is 3.81. The van der Waals surface area contributed by atoms with E-state index in [0.29, 0.717) is 6.42 Å². The summed E-state index contributed by atoms with van der Waals surface area (Å²) in [6.07, 6.45) is 6.51. The molecular formula is C20H28O4. The molecule has 4 heteroatoms. The van der Waals surface area contributed by atoms with E-state index in [-0.39, 0.29) is 12.2 Å². The maximum atomic E-state index is 11.3. The SMILES string of the molecule is CC(C)(CCC[C@H]1OC2(CCCC2)O[C@@H]1c1ccccc1)C(=O)O. The van der Waals surface area contributed by atoms with Crippen molar-refractivity contribution in [1.29, 1.82) is 0 Å². The summed E-state index contributed by atoms with van der Waals surface area (Å²) in [4.78, 5) is 11.3. The predicted octanol–water partition coefficient (Wildman–Crippen LogP) is 4.69. The molecule has 2 atom stereocenters.